The topological polar surface area (TPSA) is 153 Å². The third-order valence-electron chi connectivity index (χ3n) is 4.03. The van der Waals surface area contributed by atoms with E-state index in [2.05, 4.69) is 15.6 Å². The van der Waals surface area contributed by atoms with Crippen LogP contribution in [0.2, 0.25) is 0 Å². The van der Waals surface area contributed by atoms with Gasteiger partial charge in [-0.15, -0.1) is 5.10 Å². The second-order valence-corrected chi connectivity index (χ2v) is 5.83. The van der Waals surface area contributed by atoms with Gasteiger partial charge in [-0.1, -0.05) is 5.21 Å². The van der Waals surface area contributed by atoms with Gasteiger partial charge in [-0.3, -0.25) is 5.32 Å². The van der Waals surface area contributed by atoms with Crippen LogP contribution in [0.1, 0.15) is 18.8 Å². The Kier molecular flexibility index (Phi) is 4.41. The molecule has 0 aliphatic carbocycles. The Morgan fingerprint density at radius 3 is 2.83 bits per heavy atom. The number of rotatable bonds is 4. The zero-order chi connectivity index (χ0) is 17.4. The van der Waals surface area contributed by atoms with E-state index < -0.39 is 37.2 Å². The number of carbonyl (C=O) groups is 1. The molecule has 2 aliphatic heterocycles. The largest absolute Gasteiger partial charge is 0.494 e. The van der Waals surface area contributed by atoms with E-state index in [0.29, 0.717) is 11.3 Å². The molecule has 1 aromatic heterocycles. The molecule has 0 aromatic carbocycles. The molecular formula is C13H19N5O6. The summed E-state index contributed by atoms with van der Waals surface area (Å²) in [7, 11) is 0. The van der Waals surface area contributed by atoms with Gasteiger partial charge in [0.15, 0.2) is 12.1 Å². The first-order valence-corrected chi connectivity index (χ1v) is 7.38. The fourth-order valence-electron chi connectivity index (χ4n) is 2.65. The molecule has 2 aliphatic rings. The fourth-order valence-corrected chi connectivity index (χ4v) is 2.65. The minimum atomic E-state index is -1.25. The maximum absolute atomic E-state index is 11.8. The second kappa shape index (κ2) is 6.36. The number of carbonyl (C=O) groups excluding carboxylic acids is 1. The molecule has 3 rings (SSSR count). The Bertz CT molecular complexity index is 661. The monoisotopic (exact) mass is 341 g/mol. The summed E-state index contributed by atoms with van der Waals surface area (Å²) in [5, 5.41) is 48.4. The normalized spacial score (nSPS) is 30.8. The van der Waals surface area contributed by atoms with Gasteiger partial charge in [-0.05, 0) is 6.92 Å². The van der Waals surface area contributed by atoms with Crippen LogP contribution in [0.5, 0.6) is 0 Å². The van der Waals surface area contributed by atoms with Gasteiger partial charge in [0.1, 0.15) is 24.0 Å². The molecule has 11 nitrogen and oxygen atoms in total. The Balaban J connectivity index is 1.69. The smallest absolute Gasteiger partial charge is 0.324 e. The molecule has 1 fully saturated rings. The predicted octanol–water partition coefficient (Wildman–Crippen LogP) is -1.80. The van der Waals surface area contributed by atoms with Crippen LogP contribution in [0.25, 0.3) is 0 Å². The van der Waals surface area contributed by atoms with Crippen LogP contribution in [0, 0.1) is 0 Å². The summed E-state index contributed by atoms with van der Waals surface area (Å²) in [4.78, 5) is 13.3. The number of amides is 2. The van der Waals surface area contributed by atoms with Crippen molar-refractivity contribution in [1.82, 2.24) is 25.2 Å². The molecule has 4 atom stereocenters. The number of aliphatic hydroxyl groups is 4. The van der Waals surface area contributed by atoms with E-state index in [-0.39, 0.29) is 19.0 Å². The van der Waals surface area contributed by atoms with Crippen molar-refractivity contribution in [1.29, 1.82) is 0 Å². The minimum Gasteiger partial charge on any atom is -0.494 e. The van der Waals surface area contributed by atoms with Crippen LogP contribution in [0.15, 0.2) is 17.7 Å². The van der Waals surface area contributed by atoms with Crippen LogP contribution in [0.3, 0.4) is 0 Å². The zero-order valence-electron chi connectivity index (χ0n) is 12.9. The van der Waals surface area contributed by atoms with Crippen molar-refractivity contribution >= 4 is 6.03 Å². The van der Waals surface area contributed by atoms with Crippen LogP contribution in [-0.2, 0) is 11.3 Å². The number of nitrogens with zero attached hydrogens (tertiary/aromatic N) is 4. The summed E-state index contributed by atoms with van der Waals surface area (Å²) in [6, 6.07) is -0.458. The molecule has 11 heteroatoms. The maximum Gasteiger partial charge on any atom is 0.324 e. The lowest BCUT2D eigenvalue weighted by atomic mass is 10.1. The number of hydrogen-bond donors (Lipinski definition) is 5. The zero-order valence-corrected chi connectivity index (χ0v) is 12.9. The standard InChI is InChI=1S/C13H19N5O6/c1-6-2-17(13(23)14-11(6)22)3-7-4-18(16-15-7)12-10(21)9(20)8(5-19)24-12/h4,8-10,12,19-22H,2-3,5H2,1H3,(H,14,23)/t8-,9-,10+,12+/m0/s1. The van der Waals surface area contributed by atoms with Crippen molar-refractivity contribution in [2.75, 3.05) is 13.2 Å². The molecule has 132 valence electrons. The van der Waals surface area contributed by atoms with Gasteiger partial charge < -0.3 is 30.1 Å². The van der Waals surface area contributed by atoms with Crippen molar-refractivity contribution in [2.45, 2.75) is 38.0 Å². The molecule has 1 saturated heterocycles. The molecule has 0 unspecified atom stereocenters. The minimum absolute atomic E-state index is 0.144. The molecule has 0 saturated carbocycles. The number of urea groups is 1. The molecule has 0 bridgehead atoms. The average molecular weight is 341 g/mol. The lowest BCUT2D eigenvalue weighted by Crippen LogP contribution is -2.44. The second-order valence-electron chi connectivity index (χ2n) is 5.83. The highest BCUT2D eigenvalue weighted by molar-refractivity contribution is 5.77. The molecule has 2 amide bonds. The lowest BCUT2D eigenvalue weighted by Gasteiger charge is -2.27. The Hall–Kier alpha value is -2.21. The van der Waals surface area contributed by atoms with Gasteiger partial charge in [0.2, 0.25) is 0 Å². The van der Waals surface area contributed by atoms with Crippen molar-refractivity contribution in [3.8, 4) is 0 Å². The molecule has 0 spiro atoms. The number of aromatic nitrogens is 3. The van der Waals surface area contributed by atoms with Crippen molar-refractivity contribution < 1.29 is 30.0 Å². The predicted molar refractivity (Wildman–Crippen MR) is 77.3 cm³/mol. The van der Waals surface area contributed by atoms with E-state index in [4.69, 9.17) is 9.84 Å². The Morgan fingerprint density at radius 2 is 2.17 bits per heavy atom. The number of aliphatic hydroxyl groups excluding tert-OH is 4. The van der Waals surface area contributed by atoms with Gasteiger partial charge in [-0.2, -0.15) is 0 Å². The Labute approximate surface area is 136 Å². The maximum atomic E-state index is 11.8. The quantitative estimate of drug-likeness (QED) is 0.430. The van der Waals surface area contributed by atoms with E-state index in [1.54, 1.807) is 6.92 Å². The highest BCUT2D eigenvalue weighted by Gasteiger charge is 2.44. The summed E-state index contributed by atoms with van der Waals surface area (Å²) in [6.45, 7) is 1.65. The SMILES string of the molecule is CC1=C(O)NC(=O)N(Cc2cn([C@@H]3O[C@@H](CO)[C@H](O)[C@H]3O)nn2)C1. The van der Waals surface area contributed by atoms with Gasteiger partial charge in [0.05, 0.1) is 19.3 Å². The van der Waals surface area contributed by atoms with E-state index in [1.165, 1.54) is 15.8 Å². The molecule has 1 aromatic rings. The van der Waals surface area contributed by atoms with Crippen LogP contribution < -0.4 is 5.32 Å². The number of hydrogen-bond acceptors (Lipinski definition) is 8. The average Bonchev–Trinajstić information content (AvgIpc) is 3.11. The first kappa shape index (κ1) is 16.6. The first-order valence-electron chi connectivity index (χ1n) is 7.38. The fraction of sp³-hybridized carbons (Fsp3) is 0.615. The van der Waals surface area contributed by atoms with E-state index in [0.717, 1.165) is 0 Å². The summed E-state index contributed by atoms with van der Waals surface area (Å²) < 4.78 is 6.59. The number of ether oxygens (including phenoxy) is 1. The van der Waals surface area contributed by atoms with Crippen molar-refractivity contribution in [3.63, 3.8) is 0 Å². The van der Waals surface area contributed by atoms with Crippen LogP contribution in [-0.4, -0.2) is 77.8 Å². The van der Waals surface area contributed by atoms with Gasteiger partial charge in [0.25, 0.3) is 0 Å². The van der Waals surface area contributed by atoms with Gasteiger partial charge in [0, 0.05) is 12.1 Å². The third kappa shape index (κ3) is 2.94. The third-order valence-corrected chi connectivity index (χ3v) is 4.03. The van der Waals surface area contributed by atoms with Crippen LogP contribution >= 0.6 is 0 Å². The molecular weight excluding hydrogens is 322 g/mol. The molecule has 24 heavy (non-hydrogen) atoms. The van der Waals surface area contributed by atoms with Crippen molar-refractivity contribution in [2.24, 2.45) is 0 Å². The van der Waals surface area contributed by atoms with E-state index >= 15 is 0 Å². The van der Waals surface area contributed by atoms with Crippen molar-refractivity contribution in [3.05, 3.63) is 23.3 Å². The molecule has 3 heterocycles. The van der Waals surface area contributed by atoms with Gasteiger partial charge >= 0.3 is 6.03 Å². The van der Waals surface area contributed by atoms with E-state index in [1.807, 2.05) is 0 Å². The molecule has 5 N–H and O–H groups in total. The number of nitrogens with one attached hydrogen (secondary N) is 1. The highest BCUT2D eigenvalue weighted by Crippen LogP contribution is 2.28. The van der Waals surface area contributed by atoms with E-state index in [9.17, 15) is 20.1 Å². The summed E-state index contributed by atoms with van der Waals surface area (Å²) in [5.41, 5.74) is 1.06. The lowest BCUT2D eigenvalue weighted by molar-refractivity contribution is -0.0594. The summed E-state index contributed by atoms with van der Waals surface area (Å²) in [5.74, 6) is -0.147. The van der Waals surface area contributed by atoms with Gasteiger partial charge in [-0.25, -0.2) is 9.48 Å². The van der Waals surface area contributed by atoms with Crippen LogP contribution in [0.4, 0.5) is 4.79 Å². The summed E-state index contributed by atoms with van der Waals surface area (Å²) in [6.07, 6.45) is -2.87. The summed E-state index contributed by atoms with van der Waals surface area (Å²) >= 11 is 0. The highest BCUT2D eigenvalue weighted by atomic mass is 16.6. The Morgan fingerprint density at radius 1 is 1.42 bits per heavy atom. The first-order chi connectivity index (χ1) is 11.4. The molecule has 0 radical (unpaired) electrons.